The highest BCUT2D eigenvalue weighted by Crippen LogP contribution is 2.55. The van der Waals surface area contributed by atoms with Gasteiger partial charge in [0.25, 0.3) is 0 Å². The molecule has 34 heavy (non-hydrogen) atoms. The molecule has 180 valence electrons. The van der Waals surface area contributed by atoms with Crippen LogP contribution in [0.25, 0.3) is 5.69 Å². The fourth-order valence-electron chi connectivity index (χ4n) is 5.02. The van der Waals surface area contributed by atoms with Gasteiger partial charge in [0.1, 0.15) is 17.0 Å². The van der Waals surface area contributed by atoms with Crippen LogP contribution < -0.4 is 5.32 Å². The number of piperidine rings is 1. The van der Waals surface area contributed by atoms with E-state index >= 15 is 0 Å². The quantitative estimate of drug-likeness (QED) is 0.524. The minimum atomic E-state index is -4.90. The number of nitrogens with zero attached hydrogens (tertiary/aromatic N) is 6. The lowest BCUT2D eigenvalue weighted by Gasteiger charge is -2.61. The van der Waals surface area contributed by atoms with Gasteiger partial charge in [0.2, 0.25) is 11.8 Å². The van der Waals surface area contributed by atoms with Crippen molar-refractivity contribution >= 4 is 23.3 Å². The van der Waals surface area contributed by atoms with Crippen molar-refractivity contribution in [2.24, 2.45) is 5.92 Å². The molecule has 0 unspecified atom stereocenters. The molecule has 3 atom stereocenters. The number of aryl methyl sites for hydroxylation is 1. The number of carbonyl (C=O) groups is 1. The first-order valence-corrected chi connectivity index (χ1v) is 10.8. The molecule has 1 N–H and O–H groups in total. The van der Waals surface area contributed by atoms with Crippen LogP contribution in [0.4, 0.5) is 28.0 Å². The van der Waals surface area contributed by atoms with Crippen LogP contribution in [0.3, 0.4) is 0 Å². The van der Waals surface area contributed by atoms with Gasteiger partial charge in [-0.15, -0.1) is 20.1 Å². The second-order valence-corrected chi connectivity index (χ2v) is 9.05. The van der Waals surface area contributed by atoms with Crippen molar-refractivity contribution in [2.45, 2.75) is 50.9 Å². The average molecular weight is 500 g/mol. The molecule has 3 aromatic rings. The topological polar surface area (TPSA) is 102 Å². The summed E-state index contributed by atoms with van der Waals surface area (Å²) in [5.74, 6) is -0.355. The molecule has 5 rings (SSSR count). The molecular weight excluding hydrogens is 482 g/mol. The fourth-order valence-corrected chi connectivity index (χ4v) is 5.13. The van der Waals surface area contributed by atoms with Crippen LogP contribution in [0.15, 0.2) is 22.7 Å². The molecule has 2 bridgehead atoms. The van der Waals surface area contributed by atoms with Crippen LogP contribution in [0.5, 0.6) is 0 Å². The van der Waals surface area contributed by atoms with Crippen LogP contribution in [-0.2, 0) is 11.7 Å². The number of fused-ring (bicyclic) bond motifs is 2. The van der Waals surface area contributed by atoms with E-state index in [1.807, 2.05) is 6.92 Å². The van der Waals surface area contributed by atoms with E-state index in [1.54, 1.807) is 6.92 Å². The largest absolute Gasteiger partial charge is 0.423 e. The Balaban J connectivity index is 1.50. The van der Waals surface area contributed by atoms with Crippen LogP contribution in [-0.4, -0.2) is 42.2 Å². The van der Waals surface area contributed by atoms with Gasteiger partial charge in [-0.25, -0.2) is 9.18 Å². The van der Waals surface area contributed by atoms with E-state index in [1.165, 1.54) is 4.90 Å². The molecule has 2 fully saturated rings. The van der Waals surface area contributed by atoms with Gasteiger partial charge in [-0.2, -0.15) is 18.3 Å². The third-order valence-electron chi connectivity index (χ3n) is 6.21. The first kappa shape index (κ1) is 22.6. The Hall–Kier alpha value is -3.22. The molecular formula is C20H18ClF4N7O2. The summed E-state index contributed by atoms with van der Waals surface area (Å²) >= 11 is 5.70. The number of nitrogens with one attached hydrogen (secondary N) is 1. The Labute approximate surface area is 195 Å². The molecule has 1 saturated carbocycles. The normalized spacial score (nSPS) is 24.1. The van der Waals surface area contributed by atoms with E-state index in [0.717, 1.165) is 18.7 Å². The average Bonchev–Trinajstić information content (AvgIpc) is 3.36. The van der Waals surface area contributed by atoms with Crippen molar-refractivity contribution in [1.82, 2.24) is 30.1 Å². The number of aromatic nitrogens is 5. The van der Waals surface area contributed by atoms with Gasteiger partial charge >= 0.3 is 12.2 Å². The smallest absolute Gasteiger partial charge is 0.418 e. The number of urea groups is 1. The van der Waals surface area contributed by atoms with Gasteiger partial charge in [0, 0.05) is 19.4 Å². The highest BCUT2D eigenvalue weighted by molar-refractivity contribution is 6.29. The minimum Gasteiger partial charge on any atom is -0.423 e. The number of anilines is 1. The summed E-state index contributed by atoms with van der Waals surface area (Å²) in [6, 6.07) is 0.279. The summed E-state index contributed by atoms with van der Waals surface area (Å²) in [5, 5.41) is 17.6. The van der Waals surface area contributed by atoms with E-state index in [4.69, 9.17) is 16.0 Å². The van der Waals surface area contributed by atoms with Crippen LogP contribution in [0.1, 0.15) is 43.5 Å². The Kier molecular flexibility index (Phi) is 5.08. The fraction of sp³-hybridized carbons (Fsp3) is 0.450. The maximum Gasteiger partial charge on any atom is 0.418 e. The minimum absolute atomic E-state index is 0.151. The number of rotatable bonds is 3. The number of benzene rings is 1. The molecule has 1 aromatic carbocycles. The monoisotopic (exact) mass is 499 g/mol. The van der Waals surface area contributed by atoms with Gasteiger partial charge in [-0.3, -0.25) is 0 Å². The molecule has 1 aliphatic heterocycles. The third kappa shape index (κ3) is 3.58. The zero-order valence-electron chi connectivity index (χ0n) is 17.9. The van der Waals surface area contributed by atoms with Gasteiger partial charge < -0.3 is 14.6 Å². The van der Waals surface area contributed by atoms with Crippen molar-refractivity contribution in [2.75, 3.05) is 5.32 Å². The second kappa shape index (κ2) is 7.65. The number of alkyl halides is 3. The number of likely N-dealkylation sites (tertiary alicyclic amines) is 1. The molecule has 14 heteroatoms. The molecule has 3 heterocycles. The third-order valence-corrected chi connectivity index (χ3v) is 6.39. The Morgan fingerprint density at radius 2 is 2.06 bits per heavy atom. The highest BCUT2D eigenvalue weighted by atomic mass is 35.5. The molecule has 1 saturated heterocycles. The maximum atomic E-state index is 14.8. The van der Waals surface area contributed by atoms with Gasteiger partial charge in [-0.05, 0) is 30.9 Å². The van der Waals surface area contributed by atoms with E-state index < -0.39 is 40.5 Å². The number of halogens is 5. The summed E-state index contributed by atoms with van der Waals surface area (Å²) in [5.41, 5.74) is -3.22. The molecule has 2 aliphatic rings. The molecule has 1 aliphatic carbocycles. The van der Waals surface area contributed by atoms with E-state index in [2.05, 4.69) is 25.7 Å². The van der Waals surface area contributed by atoms with Crippen molar-refractivity contribution in [1.29, 1.82) is 0 Å². The molecule has 9 nitrogen and oxygen atoms in total. The number of hydrogen-bond donors (Lipinski definition) is 1. The Bertz CT molecular complexity index is 1280. The number of hydrogen-bond acceptors (Lipinski definition) is 6. The number of amides is 2. The van der Waals surface area contributed by atoms with E-state index in [0.29, 0.717) is 29.6 Å². The maximum absolute atomic E-state index is 14.8. The molecule has 2 aromatic heterocycles. The zero-order chi connectivity index (χ0) is 24.4. The van der Waals surface area contributed by atoms with E-state index in [-0.39, 0.29) is 23.0 Å². The highest BCUT2D eigenvalue weighted by Gasteiger charge is 2.62. The molecule has 2 amide bonds. The molecule has 0 spiro atoms. The predicted octanol–water partition coefficient (Wildman–Crippen LogP) is 4.70. The number of carbonyl (C=O) groups excluding carboxylic acids is 1. The second-order valence-electron chi connectivity index (χ2n) is 8.66. The van der Waals surface area contributed by atoms with Crippen molar-refractivity contribution in [3.63, 3.8) is 0 Å². The van der Waals surface area contributed by atoms with Crippen LogP contribution >= 0.6 is 11.6 Å². The van der Waals surface area contributed by atoms with Gasteiger partial charge in [0.15, 0.2) is 5.15 Å². The summed E-state index contributed by atoms with van der Waals surface area (Å²) < 4.78 is 61.0. The summed E-state index contributed by atoms with van der Waals surface area (Å²) in [6.45, 7) is 3.68. The zero-order valence-corrected chi connectivity index (χ0v) is 18.7. The van der Waals surface area contributed by atoms with Crippen LogP contribution in [0, 0.1) is 18.7 Å². The van der Waals surface area contributed by atoms with Crippen LogP contribution in [0.2, 0.25) is 5.15 Å². The summed E-state index contributed by atoms with van der Waals surface area (Å²) in [6.07, 6.45) is -1.97. The lowest BCUT2D eigenvalue weighted by molar-refractivity contribution is -0.137. The van der Waals surface area contributed by atoms with Crippen molar-refractivity contribution in [3.05, 3.63) is 46.6 Å². The van der Waals surface area contributed by atoms with E-state index in [9.17, 15) is 22.4 Å². The van der Waals surface area contributed by atoms with Crippen molar-refractivity contribution in [3.8, 4) is 5.69 Å². The summed E-state index contributed by atoms with van der Waals surface area (Å²) in [4.78, 5) is 15.4. The van der Waals surface area contributed by atoms with Gasteiger partial charge in [-0.1, -0.05) is 18.5 Å². The predicted molar refractivity (Wildman–Crippen MR) is 110 cm³/mol. The lowest BCUT2D eigenvalue weighted by Crippen LogP contribution is -2.70. The molecule has 0 radical (unpaired) electrons. The first-order chi connectivity index (χ1) is 16.0. The van der Waals surface area contributed by atoms with Crippen molar-refractivity contribution < 1.29 is 26.8 Å². The Morgan fingerprint density at radius 1 is 1.29 bits per heavy atom. The standard InChI is InChI=1S/C20H18ClF4N7O2/c1-9-3-11-7-19(6-9,17-29-28-10(2)34-17)31(11)18(33)27-14-5-15(32-26-8-16(21)30-32)12(4-13(14)22)20(23,24)25/h4-5,8-9,11H,3,6-7H2,1-2H3,(H,27,33)/t9-,11+,19-/m0/s1. The summed E-state index contributed by atoms with van der Waals surface area (Å²) in [7, 11) is 0. The Morgan fingerprint density at radius 3 is 2.68 bits per heavy atom. The van der Waals surface area contributed by atoms with Gasteiger partial charge in [0.05, 0.1) is 17.4 Å². The lowest BCUT2D eigenvalue weighted by atomic mass is 9.64. The SMILES string of the molecule is Cc1nnc([C@]23C[C@@H](C)C[C@H](C2)N3C(=O)Nc2cc(-n3ncc(Cl)n3)c(C(F)(F)F)cc2F)o1. The first-order valence-electron chi connectivity index (χ1n) is 10.4.